The third-order valence-electron chi connectivity index (χ3n) is 5.33. The van der Waals surface area contributed by atoms with Crippen LogP contribution >= 0.6 is 23.2 Å². The molecule has 2 aromatic carbocycles. The highest BCUT2D eigenvalue weighted by Crippen LogP contribution is 2.23. The van der Waals surface area contributed by atoms with Gasteiger partial charge in [0.25, 0.3) is 0 Å². The Kier molecular flexibility index (Phi) is 23.6. The smallest absolute Gasteiger partial charge is 0.304 e. The van der Waals surface area contributed by atoms with Crippen molar-refractivity contribution >= 4 is 40.0 Å². The summed E-state index contributed by atoms with van der Waals surface area (Å²) in [6.45, 7) is 17.5. The minimum absolute atomic E-state index is 0.0420. The zero-order valence-electron chi connectivity index (χ0n) is 23.5. The monoisotopic (exact) mass is 581 g/mol. The van der Waals surface area contributed by atoms with E-state index in [9.17, 15) is 14.4 Å². The van der Waals surface area contributed by atoms with Crippen LogP contribution in [0.1, 0.15) is 47.8 Å². The minimum Gasteiger partial charge on any atom is -0.496 e. The highest BCUT2D eigenvalue weighted by atomic mass is 35.5. The first-order valence-corrected chi connectivity index (χ1v) is 13.1. The van der Waals surface area contributed by atoms with Gasteiger partial charge in [-0.25, -0.2) is 0 Å². The summed E-state index contributed by atoms with van der Waals surface area (Å²) in [6, 6.07) is 11.1. The van der Waals surface area contributed by atoms with Gasteiger partial charge in [0.2, 0.25) is 0 Å². The lowest BCUT2D eigenvalue weighted by Crippen LogP contribution is -2.21. The molecule has 0 saturated heterocycles. The van der Waals surface area contributed by atoms with Crippen molar-refractivity contribution in [2.75, 3.05) is 33.9 Å². The molecule has 0 bridgehead atoms. The molecular weight excluding hydrogens is 541 g/mol. The molecule has 0 saturated carbocycles. The number of ether oxygens (including phenoxy) is 2. The maximum atomic E-state index is 10.7. The Labute approximate surface area is 243 Å². The Hall–Kier alpha value is -2.97. The van der Waals surface area contributed by atoms with Crippen LogP contribution in [0.3, 0.4) is 0 Å². The lowest BCUT2D eigenvalue weighted by Gasteiger charge is -2.13. The summed E-state index contributed by atoms with van der Waals surface area (Å²) >= 11 is 8.98. The average molecular weight is 583 g/mol. The molecule has 0 aliphatic rings. The fourth-order valence-corrected chi connectivity index (χ4v) is 3.24. The first kappa shape index (κ1) is 38.2. The van der Waals surface area contributed by atoms with E-state index < -0.39 is 10.5 Å². The summed E-state index contributed by atoms with van der Waals surface area (Å²) in [5, 5.41) is 6.79. The molecule has 39 heavy (non-hydrogen) atoms. The van der Waals surface area contributed by atoms with Gasteiger partial charge >= 0.3 is 10.5 Å². The average Bonchev–Trinajstić information content (AvgIpc) is 2.95. The van der Waals surface area contributed by atoms with Crippen LogP contribution in [0.5, 0.6) is 11.5 Å². The number of rotatable bonds is 12. The summed E-state index contributed by atoms with van der Waals surface area (Å²) < 4.78 is 10.3. The second-order valence-electron chi connectivity index (χ2n) is 7.55. The lowest BCUT2D eigenvalue weighted by molar-refractivity contribution is -0.127. The number of carbonyl (C=O) groups excluding carboxylic acids is 3. The van der Waals surface area contributed by atoms with E-state index >= 15 is 0 Å². The molecule has 0 atom stereocenters. The van der Waals surface area contributed by atoms with Gasteiger partial charge in [0.1, 0.15) is 17.8 Å². The molecule has 2 aromatic rings. The number of carbonyl (C=O) groups is 3. The first-order valence-electron chi connectivity index (χ1n) is 12.4. The largest absolute Gasteiger partial charge is 0.496 e. The second-order valence-corrected chi connectivity index (χ2v) is 8.24. The van der Waals surface area contributed by atoms with Gasteiger partial charge in [-0.05, 0) is 73.4 Å². The first-order chi connectivity index (χ1) is 18.6. The fraction of sp³-hybridized carbons (Fsp3) is 0.367. The number of aliphatic hydroxyl groups is 1. The Morgan fingerprint density at radius 1 is 0.846 bits per heavy atom. The number of hydrogen-bond acceptors (Lipinski definition) is 7. The van der Waals surface area contributed by atoms with Crippen molar-refractivity contribution < 1.29 is 29.0 Å². The molecule has 9 heteroatoms. The summed E-state index contributed by atoms with van der Waals surface area (Å²) in [4.78, 5) is 31.9. The molecule has 1 N–H and O–H groups in total. The SMILES string of the molecule is C=CCc1c(C=O)cccc1OC.C=CCc1c(CO)cccc1OC.CCN(CC)CC.O=C(Cl)C(=O)Cl. The van der Waals surface area contributed by atoms with Crippen LogP contribution in [0.15, 0.2) is 61.7 Å². The van der Waals surface area contributed by atoms with Crippen LogP contribution in [0, 0.1) is 0 Å². The zero-order valence-corrected chi connectivity index (χ0v) is 25.1. The maximum absolute atomic E-state index is 10.7. The summed E-state index contributed by atoms with van der Waals surface area (Å²) in [6.07, 6.45) is 5.77. The third kappa shape index (κ3) is 15.9. The van der Waals surface area contributed by atoms with E-state index in [1.807, 2.05) is 24.3 Å². The zero-order chi connectivity index (χ0) is 30.2. The van der Waals surface area contributed by atoms with Gasteiger partial charge in [-0.15, -0.1) is 13.2 Å². The maximum Gasteiger partial charge on any atom is 0.304 e. The van der Waals surface area contributed by atoms with Crippen molar-refractivity contribution in [3.8, 4) is 11.5 Å². The summed E-state index contributed by atoms with van der Waals surface area (Å²) in [7, 11) is 3.22. The van der Waals surface area contributed by atoms with Gasteiger partial charge in [0.15, 0.2) is 0 Å². The number of nitrogens with zero attached hydrogens (tertiary/aromatic N) is 1. The number of aliphatic hydroxyl groups excluding tert-OH is 1. The van der Waals surface area contributed by atoms with Crippen molar-refractivity contribution in [1.82, 2.24) is 4.90 Å². The van der Waals surface area contributed by atoms with E-state index in [1.54, 1.807) is 38.5 Å². The van der Waals surface area contributed by atoms with Crippen molar-refractivity contribution in [3.05, 3.63) is 84.0 Å². The van der Waals surface area contributed by atoms with Crippen LogP contribution in [0.4, 0.5) is 0 Å². The molecule has 0 radical (unpaired) electrons. The third-order valence-corrected chi connectivity index (χ3v) is 5.77. The van der Waals surface area contributed by atoms with E-state index in [-0.39, 0.29) is 6.61 Å². The van der Waals surface area contributed by atoms with Crippen molar-refractivity contribution in [3.63, 3.8) is 0 Å². The van der Waals surface area contributed by atoms with E-state index in [1.165, 1.54) is 19.6 Å². The van der Waals surface area contributed by atoms with Crippen molar-refractivity contribution in [2.45, 2.75) is 40.2 Å². The normalized spacial score (nSPS) is 9.36. The number of benzene rings is 2. The highest BCUT2D eigenvalue weighted by molar-refractivity contribution is 6.97. The van der Waals surface area contributed by atoms with Gasteiger partial charge in [-0.2, -0.15) is 0 Å². The highest BCUT2D eigenvalue weighted by Gasteiger charge is 2.06. The summed E-state index contributed by atoms with van der Waals surface area (Å²) in [5.41, 5.74) is 3.48. The quantitative estimate of drug-likeness (QED) is 0.142. The Morgan fingerprint density at radius 3 is 1.62 bits per heavy atom. The Bertz CT molecular complexity index is 983. The van der Waals surface area contributed by atoms with Gasteiger partial charge in [0.05, 0.1) is 20.8 Å². The van der Waals surface area contributed by atoms with Crippen LogP contribution in [-0.4, -0.2) is 60.6 Å². The number of methoxy groups -OCH3 is 2. The molecule has 0 aliphatic carbocycles. The van der Waals surface area contributed by atoms with E-state index in [0.29, 0.717) is 12.0 Å². The molecule has 0 spiro atoms. The van der Waals surface area contributed by atoms with Crippen molar-refractivity contribution in [2.24, 2.45) is 0 Å². The van der Waals surface area contributed by atoms with E-state index in [4.69, 9.17) is 14.6 Å². The molecular formula is C30H41Cl2NO6. The molecule has 0 unspecified atom stereocenters. The molecule has 0 aliphatic heterocycles. The predicted octanol–water partition coefficient (Wildman–Crippen LogP) is 6.02. The standard InChI is InChI=1S/C11H14O2.C11H12O2.C6H15N.C2Cl2O2/c2*1-3-5-10-9(8-12)6-4-7-11(10)13-2;1-4-7(5-2)6-3;3-1(5)2(4)6/h3-4,6-7,12H,1,5,8H2,2H3;3-4,6-8H,1,5H2,2H3;4-6H2,1-3H3;. The molecule has 2 rings (SSSR count). The lowest BCUT2D eigenvalue weighted by atomic mass is 10.0. The van der Waals surface area contributed by atoms with E-state index in [2.05, 4.69) is 62.0 Å². The molecule has 0 amide bonds. The van der Waals surface area contributed by atoms with Gasteiger partial charge in [-0.3, -0.25) is 14.4 Å². The number of halogens is 2. The topological polar surface area (TPSA) is 93.1 Å². The van der Waals surface area contributed by atoms with Crippen LogP contribution < -0.4 is 9.47 Å². The molecule has 216 valence electrons. The van der Waals surface area contributed by atoms with Crippen molar-refractivity contribution in [1.29, 1.82) is 0 Å². The van der Waals surface area contributed by atoms with Gasteiger partial charge in [-0.1, -0.05) is 57.2 Å². The number of hydrogen-bond donors (Lipinski definition) is 1. The van der Waals surface area contributed by atoms with E-state index in [0.717, 1.165) is 40.9 Å². The molecule has 0 fully saturated rings. The summed E-state index contributed by atoms with van der Waals surface area (Å²) in [5.74, 6) is 1.55. The predicted molar refractivity (Wildman–Crippen MR) is 160 cm³/mol. The minimum atomic E-state index is -1.14. The van der Waals surface area contributed by atoms with Crippen LogP contribution in [0.2, 0.25) is 0 Å². The molecule has 7 nitrogen and oxygen atoms in total. The second kappa shape index (κ2) is 24.1. The van der Waals surface area contributed by atoms with Gasteiger partial charge < -0.3 is 19.5 Å². The Balaban J connectivity index is 0. The fourth-order valence-electron chi connectivity index (χ4n) is 3.24. The van der Waals surface area contributed by atoms with Crippen LogP contribution in [-0.2, 0) is 29.0 Å². The van der Waals surface area contributed by atoms with Gasteiger partial charge in [0, 0.05) is 16.7 Å². The van der Waals surface area contributed by atoms with Crippen LogP contribution in [0.25, 0.3) is 0 Å². The number of allylic oxidation sites excluding steroid dienone is 2. The Morgan fingerprint density at radius 2 is 1.28 bits per heavy atom. The molecule has 0 heterocycles. The number of aldehydes is 1. The molecule has 0 aromatic heterocycles.